The summed E-state index contributed by atoms with van der Waals surface area (Å²) in [7, 11) is 5.76. The Kier molecular flexibility index (Phi) is 4.43. The van der Waals surface area contributed by atoms with Crippen LogP contribution in [0.15, 0.2) is 24.3 Å². The molecule has 0 aliphatic rings. The number of nitrogens with zero attached hydrogens (tertiary/aromatic N) is 2. The molecule has 0 saturated heterocycles. The highest BCUT2D eigenvalue weighted by Gasteiger charge is 2.13. The number of hydrogen-bond acceptors (Lipinski definition) is 3. The Labute approximate surface area is 124 Å². The Bertz CT molecular complexity index is 673. The number of nitrogens with one attached hydrogen (secondary N) is 1. The summed E-state index contributed by atoms with van der Waals surface area (Å²) in [5.74, 6) is -0.0218. The van der Waals surface area contributed by atoms with Crippen molar-refractivity contribution in [2.45, 2.75) is 6.92 Å². The summed E-state index contributed by atoms with van der Waals surface area (Å²) in [4.78, 5) is 30.5. The molecule has 0 bridgehead atoms. The van der Waals surface area contributed by atoms with Gasteiger partial charge in [-0.25, -0.2) is 0 Å². The number of aromatic amines is 1. The van der Waals surface area contributed by atoms with Gasteiger partial charge in [-0.2, -0.15) is 0 Å². The van der Waals surface area contributed by atoms with E-state index in [9.17, 15) is 9.59 Å². The topological polar surface area (TPSA) is 56.4 Å². The van der Waals surface area contributed by atoms with Crippen molar-refractivity contribution in [2.24, 2.45) is 0 Å². The molecule has 0 fully saturated rings. The summed E-state index contributed by atoms with van der Waals surface area (Å²) in [6, 6.07) is 7.24. The zero-order chi connectivity index (χ0) is 15.6. The number of hydrogen-bond donors (Lipinski definition) is 1. The Morgan fingerprint density at radius 2 is 1.81 bits per heavy atom. The molecular weight excluding hydrogens is 266 g/mol. The van der Waals surface area contributed by atoms with E-state index in [0.29, 0.717) is 17.8 Å². The Hall–Kier alpha value is -2.14. The van der Waals surface area contributed by atoms with Crippen LogP contribution in [0.25, 0.3) is 10.9 Å². The molecule has 112 valence electrons. The fourth-order valence-corrected chi connectivity index (χ4v) is 2.13. The molecule has 1 amide bonds. The Morgan fingerprint density at radius 3 is 2.43 bits per heavy atom. The molecule has 2 rings (SSSR count). The van der Waals surface area contributed by atoms with E-state index < -0.39 is 0 Å². The average molecular weight is 287 g/mol. The van der Waals surface area contributed by atoms with Gasteiger partial charge in [-0.3, -0.25) is 9.59 Å². The summed E-state index contributed by atoms with van der Waals surface area (Å²) in [5.41, 5.74) is 2.07. The van der Waals surface area contributed by atoms with Gasteiger partial charge in [0.2, 0.25) is 0 Å². The number of likely N-dealkylation sites (N-methyl/N-ethyl adjacent to an activating group) is 2. The largest absolute Gasteiger partial charge is 0.352 e. The minimum Gasteiger partial charge on any atom is -0.352 e. The number of aromatic nitrogens is 1. The highest BCUT2D eigenvalue weighted by atomic mass is 16.2. The molecule has 1 aromatic heterocycles. The van der Waals surface area contributed by atoms with E-state index in [2.05, 4.69) is 4.98 Å². The van der Waals surface area contributed by atoms with Crippen LogP contribution < -0.4 is 0 Å². The maximum Gasteiger partial charge on any atom is 0.253 e. The van der Waals surface area contributed by atoms with Gasteiger partial charge in [-0.05, 0) is 38.4 Å². The van der Waals surface area contributed by atoms with Crippen molar-refractivity contribution in [3.63, 3.8) is 0 Å². The van der Waals surface area contributed by atoms with Crippen LogP contribution in [0.4, 0.5) is 0 Å². The van der Waals surface area contributed by atoms with Crippen LogP contribution >= 0.6 is 0 Å². The lowest BCUT2D eigenvalue weighted by Crippen LogP contribution is -2.33. The zero-order valence-electron chi connectivity index (χ0n) is 12.9. The molecule has 0 atom stereocenters. The smallest absolute Gasteiger partial charge is 0.253 e. The average Bonchev–Trinajstić information content (AvgIpc) is 2.86. The van der Waals surface area contributed by atoms with Gasteiger partial charge in [0.25, 0.3) is 5.91 Å². The molecule has 5 nitrogen and oxygen atoms in total. The summed E-state index contributed by atoms with van der Waals surface area (Å²) >= 11 is 0. The van der Waals surface area contributed by atoms with Crippen LogP contribution in [0.1, 0.15) is 27.8 Å². The molecule has 0 saturated carbocycles. The minimum absolute atomic E-state index is 0.00988. The van der Waals surface area contributed by atoms with Crippen molar-refractivity contribution >= 4 is 22.6 Å². The second-order valence-corrected chi connectivity index (χ2v) is 5.57. The number of ketones is 1. The first-order chi connectivity index (χ1) is 9.88. The van der Waals surface area contributed by atoms with Gasteiger partial charge in [0.15, 0.2) is 5.78 Å². The van der Waals surface area contributed by atoms with Crippen molar-refractivity contribution in [1.29, 1.82) is 0 Å². The maximum atomic E-state index is 12.4. The van der Waals surface area contributed by atoms with Crippen LogP contribution in [0.3, 0.4) is 0 Å². The van der Waals surface area contributed by atoms with Crippen LogP contribution in [-0.2, 0) is 0 Å². The minimum atomic E-state index is -0.0119. The molecule has 0 unspecified atom stereocenters. The second-order valence-electron chi connectivity index (χ2n) is 5.57. The maximum absolute atomic E-state index is 12.4. The van der Waals surface area contributed by atoms with Gasteiger partial charge in [0, 0.05) is 43.5 Å². The van der Waals surface area contributed by atoms with E-state index in [-0.39, 0.29) is 11.7 Å². The van der Waals surface area contributed by atoms with Crippen LogP contribution in [0.5, 0.6) is 0 Å². The van der Waals surface area contributed by atoms with E-state index in [1.807, 2.05) is 31.1 Å². The number of rotatable bonds is 5. The lowest BCUT2D eigenvalue weighted by molar-refractivity contribution is 0.0786. The number of H-pyrrole nitrogens is 1. The Balaban J connectivity index is 2.21. The molecule has 0 aliphatic carbocycles. The summed E-state index contributed by atoms with van der Waals surface area (Å²) < 4.78 is 0. The van der Waals surface area contributed by atoms with E-state index in [1.54, 1.807) is 24.1 Å². The number of carbonyl (C=O) groups is 2. The number of carbonyl (C=O) groups excluding carboxylic acids is 2. The predicted molar refractivity (Wildman–Crippen MR) is 83.8 cm³/mol. The summed E-state index contributed by atoms with van der Waals surface area (Å²) in [5, 5.41) is 0.882. The second kappa shape index (κ2) is 6.10. The standard InChI is InChI=1S/C16H21N3O2/c1-11(20)15-10-13-9-12(5-6-14(13)17-15)16(21)19(4)8-7-18(2)3/h5-6,9-10,17H,7-8H2,1-4H3. The highest BCUT2D eigenvalue weighted by Crippen LogP contribution is 2.18. The third-order valence-corrected chi connectivity index (χ3v) is 3.48. The third kappa shape index (κ3) is 3.49. The van der Waals surface area contributed by atoms with Crippen molar-refractivity contribution < 1.29 is 9.59 Å². The number of fused-ring (bicyclic) bond motifs is 1. The van der Waals surface area contributed by atoms with Crippen LogP contribution in [0.2, 0.25) is 0 Å². The molecule has 5 heteroatoms. The summed E-state index contributed by atoms with van der Waals surface area (Å²) in [6.45, 7) is 3.02. The monoisotopic (exact) mass is 287 g/mol. The molecule has 1 N–H and O–H groups in total. The SMILES string of the molecule is CC(=O)c1cc2cc(C(=O)N(C)CCN(C)C)ccc2[nH]1. The highest BCUT2D eigenvalue weighted by molar-refractivity contribution is 6.01. The van der Waals surface area contributed by atoms with Crippen molar-refractivity contribution in [1.82, 2.24) is 14.8 Å². The molecule has 1 heterocycles. The first-order valence-electron chi connectivity index (χ1n) is 6.92. The first-order valence-corrected chi connectivity index (χ1v) is 6.92. The van der Waals surface area contributed by atoms with E-state index in [0.717, 1.165) is 17.4 Å². The van der Waals surface area contributed by atoms with E-state index in [4.69, 9.17) is 0 Å². The normalized spacial score (nSPS) is 11.1. The third-order valence-electron chi connectivity index (χ3n) is 3.48. The van der Waals surface area contributed by atoms with Gasteiger partial charge in [0.1, 0.15) is 0 Å². The Morgan fingerprint density at radius 1 is 1.10 bits per heavy atom. The molecular formula is C16H21N3O2. The van der Waals surface area contributed by atoms with Crippen LogP contribution in [0, 0.1) is 0 Å². The molecule has 2 aromatic rings. The van der Waals surface area contributed by atoms with Gasteiger partial charge >= 0.3 is 0 Å². The fraction of sp³-hybridized carbons (Fsp3) is 0.375. The van der Waals surface area contributed by atoms with Gasteiger partial charge in [-0.1, -0.05) is 0 Å². The van der Waals surface area contributed by atoms with E-state index in [1.165, 1.54) is 6.92 Å². The number of Topliss-reactive ketones (excluding diaryl/α,β-unsaturated/α-hetero) is 1. The molecule has 21 heavy (non-hydrogen) atoms. The summed E-state index contributed by atoms with van der Waals surface area (Å²) in [6.07, 6.45) is 0. The molecule has 1 aromatic carbocycles. The van der Waals surface area contributed by atoms with Gasteiger partial charge in [0.05, 0.1) is 5.69 Å². The van der Waals surface area contributed by atoms with Crippen molar-refractivity contribution in [3.8, 4) is 0 Å². The van der Waals surface area contributed by atoms with Crippen molar-refractivity contribution in [3.05, 3.63) is 35.5 Å². The molecule has 0 aliphatic heterocycles. The first kappa shape index (κ1) is 15.3. The predicted octanol–water partition coefficient (Wildman–Crippen LogP) is 2.00. The number of amides is 1. The van der Waals surface area contributed by atoms with E-state index >= 15 is 0 Å². The van der Waals surface area contributed by atoms with Crippen LogP contribution in [-0.4, -0.2) is 60.7 Å². The fourth-order valence-electron chi connectivity index (χ4n) is 2.13. The number of benzene rings is 1. The lowest BCUT2D eigenvalue weighted by Gasteiger charge is -2.19. The quantitative estimate of drug-likeness (QED) is 0.856. The molecule has 0 radical (unpaired) electrons. The zero-order valence-corrected chi connectivity index (χ0v) is 12.9. The molecule has 0 spiro atoms. The van der Waals surface area contributed by atoms with Gasteiger partial charge in [-0.15, -0.1) is 0 Å². The lowest BCUT2D eigenvalue weighted by atomic mass is 10.1. The van der Waals surface area contributed by atoms with Gasteiger partial charge < -0.3 is 14.8 Å². The van der Waals surface area contributed by atoms with Crippen molar-refractivity contribution in [2.75, 3.05) is 34.2 Å².